The molecular weight excluding hydrogens is 384 g/mol. The van der Waals surface area contributed by atoms with Gasteiger partial charge in [0, 0.05) is 11.4 Å². The van der Waals surface area contributed by atoms with Crippen molar-refractivity contribution in [3.05, 3.63) is 90.5 Å². The van der Waals surface area contributed by atoms with E-state index in [1.165, 1.54) is 0 Å². The number of ether oxygens (including phenoxy) is 1. The number of carbonyl (C=O) groups excluding carboxylic acids is 2. The Morgan fingerprint density at radius 2 is 1.72 bits per heavy atom. The van der Waals surface area contributed by atoms with Gasteiger partial charge in [0.05, 0.1) is 5.75 Å². The van der Waals surface area contributed by atoms with Crippen molar-refractivity contribution in [1.29, 1.82) is 0 Å². The smallest absolute Gasteiger partial charge is 0.262 e. The molecular formula is C23H20N2O3S. The van der Waals surface area contributed by atoms with Crippen molar-refractivity contribution >= 4 is 35.0 Å². The lowest BCUT2D eigenvalue weighted by Crippen LogP contribution is -2.27. The van der Waals surface area contributed by atoms with Crippen molar-refractivity contribution < 1.29 is 14.3 Å². The quantitative estimate of drug-likeness (QED) is 0.658. The van der Waals surface area contributed by atoms with Gasteiger partial charge in [0.1, 0.15) is 11.1 Å². The average molecular weight is 404 g/mol. The zero-order valence-electron chi connectivity index (χ0n) is 15.7. The van der Waals surface area contributed by atoms with Crippen LogP contribution < -0.4 is 15.0 Å². The van der Waals surface area contributed by atoms with E-state index in [9.17, 15) is 9.59 Å². The summed E-state index contributed by atoms with van der Waals surface area (Å²) in [5.41, 5.74) is 2.52. The molecule has 1 N–H and O–H groups in total. The molecule has 1 saturated heterocycles. The fourth-order valence-corrected chi connectivity index (χ4v) is 4.34. The zero-order valence-corrected chi connectivity index (χ0v) is 16.5. The van der Waals surface area contributed by atoms with Crippen molar-refractivity contribution in [1.82, 2.24) is 0 Å². The predicted octanol–water partition coefficient (Wildman–Crippen LogP) is 4.48. The van der Waals surface area contributed by atoms with Gasteiger partial charge in [0.25, 0.3) is 5.91 Å². The number of hydrogen-bond donors (Lipinski definition) is 1. The number of hydrogen-bond acceptors (Lipinski definition) is 4. The Bertz CT molecular complexity index is 995. The zero-order chi connectivity index (χ0) is 20.1. The molecule has 2 amide bonds. The first-order valence-corrected chi connectivity index (χ1v) is 10.3. The third-order valence-corrected chi connectivity index (χ3v) is 5.68. The van der Waals surface area contributed by atoms with E-state index in [1.54, 1.807) is 23.9 Å². The number of carbonyl (C=O) groups is 2. The maximum absolute atomic E-state index is 12.5. The summed E-state index contributed by atoms with van der Waals surface area (Å²) >= 11 is 1.58. The molecule has 1 unspecified atom stereocenters. The Balaban J connectivity index is 1.45. The molecule has 0 saturated carbocycles. The molecule has 0 spiro atoms. The number of nitrogens with zero attached hydrogens (tertiary/aromatic N) is 1. The first kappa shape index (κ1) is 19.1. The lowest BCUT2D eigenvalue weighted by molar-refractivity contribution is -0.118. The van der Waals surface area contributed by atoms with E-state index < -0.39 is 0 Å². The molecule has 4 rings (SSSR count). The maximum atomic E-state index is 12.5. The van der Waals surface area contributed by atoms with Crippen LogP contribution in [0.15, 0.2) is 84.9 Å². The molecule has 1 aliphatic rings. The summed E-state index contributed by atoms with van der Waals surface area (Å²) in [5.74, 6) is 0.926. The molecule has 0 aliphatic carbocycles. The monoisotopic (exact) mass is 404 g/mol. The minimum absolute atomic E-state index is 0.0684. The van der Waals surface area contributed by atoms with Gasteiger partial charge in [0.2, 0.25) is 5.91 Å². The van der Waals surface area contributed by atoms with E-state index >= 15 is 0 Å². The molecule has 0 bridgehead atoms. The van der Waals surface area contributed by atoms with Gasteiger partial charge < -0.3 is 10.1 Å². The van der Waals surface area contributed by atoms with Crippen molar-refractivity contribution in [2.75, 3.05) is 22.6 Å². The molecule has 3 aromatic rings. The van der Waals surface area contributed by atoms with Gasteiger partial charge in [-0.25, -0.2) is 0 Å². The van der Waals surface area contributed by atoms with E-state index in [4.69, 9.17) is 4.74 Å². The molecule has 0 radical (unpaired) electrons. The summed E-state index contributed by atoms with van der Waals surface area (Å²) in [7, 11) is 0. The van der Waals surface area contributed by atoms with Crippen LogP contribution in [0.5, 0.6) is 5.75 Å². The number of anilines is 2. The molecule has 6 heteroatoms. The summed E-state index contributed by atoms with van der Waals surface area (Å²) in [6, 6.07) is 26.5. The van der Waals surface area contributed by atoms with E-state index in [0.29, 0.717) is 17.2 Å². The highest BCUT2D eigenvalue weighted by molar-refractivity contribution is 8.00. The Morgan fingerprint density at radius 1 is 1.00 bits per heavy atom. The van der Waals surface area contributed by atoms with Gasteiger partial charge in [-0.15, -0.1) is 11.8 Å². The molecule has 29 heavy (non-hydrogen) atoms. The summed E-state index contributed by atoms with van der Waals surface area (Å²) in [4.78, 5) is 26.5. The number of para-hydroxylation sites is 2. The molecule has 1 fully saturated rings. The van der Waals surface area contributed by atoms with Gasteiger partial charge in [-0.05, 0) is 42.0 Å². The number of amides is 2. The topological polar surface area (TPSA) is 58.6 Å². The average Bonchev–Trinajstić information content (AvgIpc) is 3.15. The highest BCUT2D eigenvalue weighted by Gasteiger charge is 2.34. The molecule has 5 nitrogen and oxygen atoms in total. The van der Waals surface area contributed by atoms with E-state index in [1.807, 2.05) is 77.7 Å². The summed E-state index contributed by atoms with van der Waals surface area (Å²) in [5, 5.41) is 2.74. The van der Waals surface area contributed by atoms with Crippen LogP contribution in [0.3, 0.4) is 0 Å². The van der Waals surface area contributed by atoms with Crippen LogP contribution in [-0.2, 0) is 9.59 Å². The molecule has 0 aromatic heterocycles. The first-order valence-electron chi connectivity index (χ1n) is 9.27. The lowest BCUT2D eigenvalue weighted by atomic mass is 10.1. The number of benzene rings is 3. The minimum atomic E-state index is -0.235. The minimum Gasteiger partial charge on any atom is -0.484 e. The second-order valence-corrected chi connectivity index (χ2v) is 7.61. The van der Waals surface area contributed by atoms with Gasteiger partial charge >= 0.3 is 0 Å². The summed E-state index contributed by atoms with van der Waals surface area (Å²) in [6.45, 7) is -0.0684. The van der Waals surface area contributed by atoms with Crippen LogP contribution >= 0.6 is 11.8 Å². The second kappa shape index (κ2) is 8.84. The largest absolute Gasteiger partial charge is 0.484 e. The van der Waals surface area contributed by atoms with Crippen LogP contribution in [0.1, 0.15) is 10.9 Å². The SMILES string of the molecule is O=C(COc1ccccc1)Nc1cccc(C2SCC(=O)N2c2ccccc2)c1. The molecule has 146 valence electrons. The maximum Gasteiger partial charge on any atom is 0.262 e. The van der Waals surface area contributed by atoms with E-state index in [2.05, 4.69) is 5.32 Å². The third kappa shape index (κ3) is 4.60. The molecule has 3 aromatic carbocycles. The van der Waals surface area contributed by atoms with Gasteiger partial charge in [0.15, 0.2) is 6.61 Å². The van der Waals surface area contributed by atoms with Crippen LogP contribution in [0, 0.1) is 0 Å². The highest BCUT2D eigenvalue weighted by Crippen LogP contribution is 2.42. The van der Waals surface area contributed by atoms with E-state index in [-0.39, 0.29) is 23.8 Å². The number of rotatable bonds is 6. The van der Waals surface area contributed by atoms with Crippen molar-refractivity contribution in [3.63, 3.8) is 0 Å². The van der Waals surface area contributed by atoms with Crippen molar-refractivity contribution in [3.8, 4) is 5.75 Å². The standard InChI is InChI=1S/C23H20N2O3S/c26-21(15-28-20-12-5-2-6-13-20)24-18-9-7-8-17(14-18)23-25(22(27)16-29-23)19-10-3-1-4-11-19/h1-14,23H,15-16H2,(H,24,26). The Hall–Kier alpha value is -3.25. The third-order valence-electron chi connectivity index (χ3n) is 4.47. The highest BCUT2D eigenvalue weighted by atomic mass is 32.2. The predicted molar refractivity (Wildman–Crippen MR) is 116 cm³/mol. The van der Waals surface area contributed by atoms with Crippen LogP contribution in [0.4, 0.5) is 11.4 Å². The normalized spacial score (nSPS) is 15.9. The van der Waals surface area contributed by atoms with Crippen LogP contribution in [0.25, 0.3) is 0 Å². The Morgan fingerprint density at radius 3 is 2.48 bits per heavy atom. The van der Waals surface area contributed by atoms with Crippen molar-refractivity contribution in [2.45, 2.75) is 5.37 Å². The summed E-state index contributed by atoms with van der Waals surface area (Å²) in [6.07, 6.45) is 0. The number of thioether (sulfide) groups is 1. The van der Waals surface area contributed by atoms with Gasteiger partial charge in [-0.2, -0.15) is 0 Å². The molecule has 1 atom stereocenters. The molecule has 1 heterocycles. The molecule has 1 aliphatic heterocycles. The van der Waals surface area contributed by atoms with Crippen molar-refractivity contribution in [2.24, 2.45) is 0 Å². The van der Waals surface area contributed by atoms with Crippen LogP contribution in [0.2, 0.25) is 0 Å². The Labute approximate surface area is 173 Å². The van der Waals surface area contributed by atoms with E-state index in [0.717, 1.165) is 11.3 Å². The lowest BCUT2D eigenvalue weighted by Gasteiger charge is -2.24. The number of nitrogens with one attached hydrogen (secondary N) is 1. The fraction of sp³-hybridized carbons (Fsp3) is 0.130. The van der Waals surface area contributed by atoms with Gasteiger partial charge in [-0.1, -0.05) is 48.5 Å². The first-order chi connectivity index (χ1) is 14.2. The van der Waals surface area contributed by atoms with Crippen LogP contribution in [-0.4, -0.2) is 24.2 Å². The Kier molecular flexibility index (Phi) is 5.81. The van der Waals surface area contributed by atoms with Gasteiger partial charge in [-0.3, -0.25) is 14.5 Å². The summed E-state index contributed by atoms with van der Waals surface area (Å²) < 4.78 is 5.49. The fourth-order valence-electron chi connectivity index (χ4n) is 3.17. The second-order valence-electron chi connectivity index (χ2n) is 6.54.